The Morgan fingerprint density at radius 2 is 1.43 bits per heavy atom. The molecule has 3 aromatic rings. The van der Waals surface area contributed by atoms with Gasteiger partial charge in [0.2, 0.25) is 5.51 Å². The summed E-state index contributed by atoms with van der Waals surface area (Å²) in [5.41, 5.74) is 4.06. The van der Waals surface area contributed by atoms with Crippen LogP contribution in [0.1, 0.15) is 94.4 Å². The van der Waals surface area contributed by atoms with Crippen molar-refractivity contribution in [1.82, 2.24) is 0 Å². The topological polar surface area (TPSA) is 51.4 Å². The average Bonchev–Trinajstić information content (AvgIpc) is 3.35. The van der Waals surface area contributed by atoms with Crippen molar-refractivity contribution in [3.05, 3.63) is 70.7 Å². The standard InChI is InChI=1S/C33H46N2O3S.BrH/c1-3-4-5-6-7-8-9-10-11-12-13-14-22-37-31-16-15-17-32(23-31)38-26-33(36)34-30-20-18-29(19-21-30)25-35-24-28(2)39-27-35;/h15-21,23-24,27H,3-14,22,25-26H2,1-2H3;1H. The Bertz CT molecular complexity index is 1090. The van der Waals surface area contributed by atoms with E-state index < -0.39 is 0 Å². The molecule has 7 heteroatoms. The van der Waals surface area contributed by atoms with Gasteiger partial charge in [-0.1, -0.05) is 107 Å². The minimum atomic E-state index is -0.187. The van der Waals surface area contributed by atoms with E-state index in [4.69, 9.17) is 9.47 Å². The number of benzene rings is 2. The van der Waals surface area contributed by atoms with Gasteiger partial charge >= 0.3 is 0 Å². The molecule has 0 aliphatic carbocycles. The van der Waals surface area contributed by atoms with Gasteiger partial charge in [0.15, 0.2) is 19.3 Å². The first kappa shape index (κ1) is 33.8. The Kier molecular flexibility index (Phi) is 17.3. The predicted octanol–water partition coefficient (Wildman–Crippen LogP) is 5.49. The van der Waals surface area contributed by atoms with E-state index in [0.29, 0.717) is 12.4 Å². The van der Waals surface area contributed by atoms with Gasteiger partial charge in [-0.3, -0.25) is 4.79 Å². The van der Waals surface area contributed by atoms with E-state index in [1.807, 2.05) is 48.5 Å². The molecular weight excluding hydrogens is 584 g/mol. The van der Waals surface area contributed by atoms with Crippen LogP contribution >= 0.6 is 11.3 Å². The number of ether oxygens (including phenoxy) is 2. The summed E-state index contributed by atoms with van der Waals surface area (Å²) in [6.45, 7) is 5.86. The van der Waals surface area contributed by atoms with Crippen LogP contribution in [0.15, 0.2) is 60.2 Å². The third-order valence-electron chi connectivity index (χ3n) is 6.77. The predicted molar refractivity (Wildman–Crippen MR) is 162 cm³/mol. The summed E-state index contributed by atoms with van der Waals surface area (Å²) in [7, 11) is 0. The number of unbranched alkanes of at least 4 members (excludes halogenated alkanes) is 11. The van der Waals surface area contributed by atoms with Crippen molar-refractivity contribution in [1.29, 1.82) is 0 Å². The van der Waals surface area contributed by atoms with E-state index in [2.05, 4.69) is 35.4 Å². The van der Waals surface area contributed by atoms with Gasteiger partial charge in [-0.05, 0) is 37.6 Å². The largest absolute Gasteiger partial charge is 1.00 e. The van der Waals surface area contributed by atoms with Crippen molar-refractivity contribution in [3.63, 3.8) is 0 Å². The number of aromatic nitrogens is 1. The van der Waals surface area contributed by atoms with Crippen LogP contribution in [0, 0.1) is 6.92 Å². The smallest absolute Gasteiger partial charge is 0.262 e. The highest BCUT2D eigenvalue weighted by atomic mass is 79.9. The van der Waals surface area contributed by atoms with E-state index in [0.717, 1.165) is 24.4 Å². The first-order valence-corrected chi connectivity index (χ1v) is 15.7. The molecule has 1 amide bonds. The minimum Gasteiger partial charge on any atom is -1.00 e. The zero-order valence-corrected chi connectivity index (χ0v) is 26.7. The molecule has 0 radical (unpaired) electrons. The van der Waals surface area contributed by atoms with Crippen molar-refractivity contribution in [2.45, 2.75) is 97.4 Å². The number of carbonyl (C=O) groups excluding carboxylic acids is 1. The number of carbonyl (C=O) groups is 1. The first-order valence-electron chi connectivity index (χ1n) is 14.8. The molecule has 1 aromatic heterocycles. The molecule has 0 saturated carbocycles. The third kappa shape index (κ3) is 14.3. The Morgan fingerprint density at radius 3 is 2.02 bits per heavy atom. The van der Waals surface area contributed by atoms with Crippen LogP contribution in [0.3, 0.4) is 0 Å². The molecule has 5 nitrogen and oxygen atoms in total. The average molecular weight is 632 g/mol. The van der Waals surface area contributed by atoms with Crippen molar-refractivity contribution < 1.29 is 35.8 Å². The molecule has 0 aliphatic rings. The highest BCUT2D eigenvalue weighted by molar-refractivity contribution is 7.09. The highest BCUT2D eigenvalue weighted by Gasteiger charge is 2.08. The second-order valence-corrected chi connectivity index (χ2v) is 11.5. The quantitative estimate of drug-likeness (QED) is 0.133. The Labute approximate surface area is 256 Å². The maximum absolute atomic E-state index is 12.4. The zero-order chi connectivity index (χ0) is 27.5. The van der Waals surface area contributed by atoms with Crippen molar-refractivity contribution in [2.75, 3.05) is 18.5 Å². The molecule has 1 heterocycles. The van der Waals surface area contributed by atoms with Crippen LogP contribution in [-0.2, 0) is 11.3 Å². The summed E-state index contributed by atoms with van der Waals surface area (Å²) in [5, 5.41) is 2.90. The molecule has 1 N–H and O–H groups in total. The number of hydrogen-bond donors (Lipinski definition) is 1. The van der Waals surface area contributed by atoms with Gasteiger partial charge in [-0.15, -0.1) is 0 Å². The number of thiazole rings is 1. The van der Waals surface area contributed by atoms with E-state index in [1.165, 1.54) is 81.1 Å². The fourth-order valence-electron chi connectivity index (χ4n) is 4.57. The van der Waals surface area contributed by atoms with Crippen LogP contribution in [0.2, 0.25) is 0 Å². The molecule has 0 unspecified atom stereocenters. The van der Waals surface area contributed by atoms with E-state index in [-0.39, 0.29) is 29.5 Å². The maximum Gasteiger partial charge on any atom is 0.262 e. The van der Waals surface area contributed by atoms with Gasteiger partial charge in [-0.2, -0.15) is 4.57 Å². The molecule has 0 spiro atoms. The van der Waals surface area contributed by atoms with Crippen LogP contribution in [-0.4, -0.2) is 19.1 Å². The molecule has 2 aromatic carbocycles. The Morgan fingerprint density at radius 1 is 0.825 bits per heavy atom. The SMILES string of the molecule is CCCCCCCCCCCCCCOc1cccc(OCC(=O)Nc2ccc(C[n+]3csc(C)c3)cc2)c1.[Br-]. The summed E-state index contributed by atoms with van der Waals surface area (Å²) >= 11 is 1.73. The molecule has 220 valence electrons. The lowest BCUT2D eigenvalue weighted by atomic mass is 10.1. The maximum atomic E-state index is 12.4. The van der Waals surface area contributed by atoms with E-state index >= 15 is 0 Å². The second kappa shape index (κ2) is 20.5. The number of amides is 1. The minimum absolute atomic E-state index is 0. The van der Waals surface area contributed by atoms with Crippen molar-refractivity contribution in [2.24, 2.45) is 0 Å². The lowest BCUT2D eigenvalue weighted by Crippen LogP contribution is -3.00. The molecule has 0 fully saturated rings. The lowest BCUT2D eigenvalue weighted by molar-refractivity contribution is -0.683. The van der Waals surface area contributed by atoms with Gasteiger partial charge in [0, 0.05) is 17.3 Å². The first-order chi connectivity index (χ1) is 19.1. The normalized spacial score (nSPS) is 10.7. The number of anilines is 1. The number of halogens is 1. The van der Waals surface area contributed by atoms with E-state index in [1.54, 1.807) is 11.3 Å². The number of hydrogen-bond acceptors (Lipinski definition) is 4. The number of aryl methyl sites for hydroxylation is 1. The summed E-state index contributed by atoms with van der Waals surface area (Å²) in [6, 6.07) is 15.5. The molecule has 0 atom stereocenters. The second-order valence-electron chi connectivity index (χ2n) is 10.4. The molecule has 0 saturated heterocycles. The summed E-state index contributed by atoms with van der Waals surface area (Å²) in [4.78, 5) is 13.7. The zero-order valence-electron chi connectivity index (χ0n) is 24.3. The van der Waals surface area contributed by atoms with Gasteiger partial charge in [0.1, 0.15) is 11.5 Å². The van der Waals surface area contributed by atoms with Crippen LogP contribution < -0.4 is 36.3 Å². The van der Waals surface area contributed by atoms with Crippen molar-refractivity contribution in [3.8, 4) is 11.5 Å². The number of nitrogens with zero attached hydrogens (tertiary/aromatic N) is 1. The summed E-state index contributed by atoms with van der Waals surface area (Å²) in [6.07, 6.45) is 18.1. The number of nitrogens with one attached hydrogen (secondary N) is 1. The van der Waals surface area contributed by atoms with Crippen molar-refractivity contribution >= 4 is 22.9 Å². The van der Waals surface area contributed by atoms with Crippen LogP contribution in [0.25, 0.3) is 0 Å². The Balaban J connectivity index is 0.00000560. The fourth-order valence-corrected chi connectivity index (χ4v) is 5.20. The van der Waals surface area contributed by atoms with Gasteiger partial charge in [-0.25, -0.2) is 0 Å². The number of rotatable bonds is 20. The summed E-state index contributed by atoms with van der Waals surface area (Å²) in [5.74, 6) is 1.23. The van der Waals surface area contributed by atoms with Gasteiger partial charge in [0.25, 0.3) is 5.91 Å². The summed E-state index contributed by atoms with van der Waals surface area (Å²) < 4.78 is 13.8. The lowest BCUT2D eigenvalue weighted by Gasteiger charge is -2.10. The molecule has 40 heavy (non-hydrogen) atoms. The molecular formula is C33H47BrN2O3S. The molecule has 0 aliphatic heterocycles. The van der Waals surface area contributed by atoms with E-state index in [9.17, 15) is 4.79 Å². The molecule has 3 rings (SSSR count). The van der Waals surface area contributed by atoms with Crippen LogP contribution in [0.5, 0.6) is 11.5 Å². The van der Waals surface area contributed by atoms with Crippen LogP contribution in [0.4, 0.5) is 5.69 Å². The molecule has 0 bridgehead atoms. The Hall–Kier alpha value is -2.38. The van der Waals surface area contributed by atoms with Gasteiger partial charge in [0.05, 0.1) is 11.5 Å². The van der Waals surface area contributed by atoms with Gasteiger partial charge < -0.3 is 31.8 Å². The third-order valence-corrected chi connectivity index (χ3v) is 7.62. The fraction of sp³-hybridized carbons (Fsp3) is 0.515. The highest BCUT2D eigenvalue weighted by Crippen LogP contribution is 2.20. The monoisotopic (exact) mass is 630 g/mol.